The van der Waals surface area contributed by atoms with Crippen LogP contribution in [0.2, 0.25) is 0 Å². The van der Waals surface area contributed by atoms with E-state index in [-0.39, 0.29) is 23.4 Å². The molecule has 0 unspecified atom stereocenters. The molecule has 4 N–H and O–H groups in total. The van der Waals surface area contributed by atoms with Gasteiger partial charge in [-0.25, -0.2) is 0 Å². The first kappa shape index (κ1) is 18.9. The van der Waals surface area contributed by atoms with E-state index in [1.165, 1.54) is 6.07 Å². The lowest BCUT2D eigenvalue weighted by molar-refractivity contribution is -0.122. The number of aromatic amines is 1. The maximum atomic E-state index is 12.8. The Morgan fingerprint density at radius 3 is 2.79 bits per heavy atom. The molecule has 2 aromatic carbocycles. The minimum atomic E-state index is -0.347. The van der Waals surface area contributed by atoms with Crippen LogP contribution in [0.5, 0.6) is 0 Å². The topological polar surface area (TPSA) is 108 Å². The van der Waals surface area contributed by atoms with Crippen LogP contribution in [0.15, 0.2) is 59.4 Å². The van der Waals surface area contributed by atoms with E-state index in [2.05, 4.69) is 15.2 Å². The predicted octanol–water partition coefficient (Wildman–Crippen LogP) is 2.23. The van der Waals surface area contributed by atoms with Crippen LogP contribution in [0.1, 0.15) is 28.8 Å². The average Bonchev–Trinajstić information content (AvgIpc) is 3.16. The molecule has 0 saturated carbocycles. The highest BCUT2D eigenvalue weighted by molar-refractivity contribution is 6.12. The highest BCUT2D eigenvalue weighted by atomic mass is 16.2. The Labute approximate surface area is 167 Å². The third kappa shape index (κ3) is 4.05. The molecule has 1 atom stereocenters. The molecule has 1 aliphatic heterocycles. The lowest BCUT2D eigenvalue weighted by atomic mass is 10.1. The SMILES string of the molecule is NC(=O)[C@@H]1CCCN1Cc1cccc(NC(=O)c2cc(=O)[nH]c3ccccc23)c1. The van der Waals surface area contributed by atoms with E-state index in [9.17, 15) is 14.4 Å². The maximum absolute atomic E-state index is 12.8. The molecule has 4 rings (SSSR count). The number of nitrogens with two attached hydrogens (primary N) is 1. The number of amides is 2. The maximum Gasteiger partial charge on any atom is 0.256 e. The third-order valence-electron chi connectivity index (χ3n) is 5.26. The molecule has 0 bridgehead atoms. The average molecular weight is 390 g/mol. The normalized spacial score (nSPS) is 16.8. The second kappa shape index (κ2) is 7.89. The van der Waals surface area contributed by atoms with Crippen LogP contribution in [-0.2, 0) is 11.3 Å². The molecule has 1 saturated heterocycles. The third-order valence-corrected chi connectivity index (χ3v) is 5.26. The number of fused-ring (bicyclic) bond motifs is 1. The summed E-state index contributed by atoms with van der Waals surface area (Å²) in [5, 5.41) is 3.56. The number of rotatable bonds is 5. The fourth-order valence-electron chi connectivity index (χ4n) is 3.91. The van der Waals surface area contributed by atoms with Gasteiger partial charge in [0, 0.05) is 29.2 Å². The molecule has 0 spiro atoms. The van der Waals surface area contributed by atoms with Crippen LogP contribution in [-0.4, -0.2) is 34.3 Å². The van der Waals surface area contributed by atoms with Crippen molar-refractivity contribution in [3.8, 4) is 0 Å². The number of nitrogens with one attached hydrogen (secondary N) is 2. The monoisotopic (exact) mass is 390 g/mol. The van der Waals surface area contributed by atoms with Crippen LogP contribution in [0.25, 0.3) is 10.9 Å². The van der Waals surface area contributed by atoms with Crippen molar-refractivity contribution in [2.24, 2.45) is 5.73 Å². The van der Waals surface area contributed by atoms with E-state index in [1.54, 1.807) is 24.3 Å². The first-order valence-corrected chi connectivity index (χ1v) is 9.57. The van der Waals surface area contributed by atoms with Gasteiger partial charge in [-0.15, -0.1) is 0 Å². The van der Waals surface area contributed by atoms with Crippen molar-refractivity contribution in [3.05, 3.63) is 76.1 Å². The predicted molar refractivity (Wildman–Crippen MR) is 112 cm³/mol. The van der Waals surface area contributed by atoms with Gasteiger partial charge in [-0.2, -0.15) is 0 Å². The lowest BCUT2D eigenvalue weighted by Crippen LogP contribution is -2.39. The summed E-state index contributed by atoms with van der Waals surface area (Å²) in [7, 11) is 0. The van der Waals surface area contributed by atoms with E-state index in [1.807, 2.05) is 24.3 Å². The summed E-state index contributed by atoms with van der Waals surface area (Å²) in [4.78, 5) is 41.2. The highest BCUT2D eigenvalue weighted by Crippen LogP contribution is 2.22. The molecule has 2 amide bonds. The fourth-order valence-corrected chi connectivity index (χ4v) is 3.91. The molecule has 148 valence electrons. The Morgan fingerprint density at radius 2 is 1.97 bits per heavy atom. The Kier molecular flexibility index (Phi) is 5.14. The number of hydrogen-bond donors (Lipinski definition) is 3. The van der Waals surface area contributed by atoms with Crippen molar-refractivity contribution in [3.63, 3.8) is 0 Å². The van der Waals surface area contributed by atoms with Crippen molar-refractivity contribution in [2.75, 3.05) is 11.9 Å². The van der Waals surface area contributed by atoms with E-state index in [0.29, 0.717) is 28.7 Å². The van der Waals surface area contributed by atoms with Crippen molar-refractivity contribution < 1.29 is 9.59 Å². The molecule has 0 radical (unpaired) electrons. The van der Waals surface area contributed by atoms with E-state index in [4.69, 9.17) is 5.73 Å². The van der Waals surface area contributed by atoms with Gasteiger partial charge in [0.05, 0.1) is 11.6 Å². The molecule has 29 heavy (non-hydrogen) atoms. The van der Waals surface area contributed by atoms with Crippen molar-refractivity contribution >= 4 is 28.4 Å². The quantitative estimate of drug-likeness (QED) is 0.621. The minimum Gasteiger partial charge on any atom is -0.368 e. The molecule has 7 heteroatoms. The van der Waals surface area contributed by atoms with Gasteiger partial charge in [0.1, 0.15) is 0 Å². The number of carbonyl (C=O) groups excluding carboxylic acids is 2. The second-order valence-corrected chi connectivity index (χ2v) is 7.28. The molecule has 1 fully saturated rings. The molecule has 1 aromatic heterocycles. The highest BCUT2D eigenvalue weighted by Gasteiger charge is 2.28. The van der Waals surface area contributed by atoms with Crippen LogP contribution in [0.3, 0.4) is 0 Å². The standard InChI is InChI=1S/C22H22N4O3/c23-21(28)19-9-4-10-26(19)13-14-5-3-6-15(11-14)24-22(29)17-12-20(27)25-18-8-2-1-7-16(17)18/h1-3,5-8,11-12,19H,4,9-10,13H2,(H2,23,28)(H,24,29)(H,25,27)/t19-/m0/s1. The van der Waals surface area contributed by atoms with Gasteiger partial charge >= 0.3 is 0 Å². The van der Waals surface area contributed by atoms with Gasteiger partial charge in [-0.3, -0.25) is 19.3 Å². The van der Waals surface area contributed by atoms with E-state index >= 15 is 0 Å². The summed E-state index contributed by atoms with van der Waals surface area (Å²) in [6.07, 6.45) is 1.72. The Hall–Kier alpha value is -3.45. The molecule has 2 heterocycles. The van der Waals surface area contributed by atoms with Crippen molar-refractivity contribution in [1.29, 1.82) is 0 Å². The van der Waals surface area contributed by atoms with Crippen molar-refractivity contribution in [1.82, 2.24) is 9.88 Å². The zero-order valence-corrected chi connectivity index (χ0v) is 15.9. The summed E-state index contributed by atoms with van der Waals surface area (Å²) >= 11 is 0. The van der Waals surface area contributed by atoms with Crippen LogP contribution in [0.4, 0.5) is 5.69 Å². The number of likely N-dealkylation sites (tertiary alicyclic amines) is 1. The number of benzene rings is 2. The molecule has 1 aliphatic rings. The Morgan fingerprint density at radius 1 is 1.14 bits per heavy atom. The summed E-state index contributed by atoms with van der Waals surface area (Å²) in [6, 6.07) is 15.7. The van der Waals surface area contributed by atoms with Gasteiger partial charge in [-0.05, 0) is 43.1 Å². The number of para-hydroxylation sites is 1. The van der Waals surface area contributed by atoms with Crippen LogP contribution < -0.4 is 16.6 Å². The number of pyridine rings is 1. The number of carbonyl (C=O) groups is 2. The smallest absolute Gasteiger partial charge is 0.256 e. The molecule has 7 nitrogen and oxygen atoms in total. The number of anilines is 1. The number of nitrogens with zero attached hydrogens (tertiary/aromatic N) is 1. The Balaban J connectivity index is 1.55. The Bertz CT molecular complexity index is 1140. The number of hydrogen-bond acceptors (Lipinski definition) is 4. The second-order valence-electron chi connectivity index (χ2n) is 7.28. The summed E-state index contributed by atoms with van der Waals surface area (Å²) < 4.78 is 0. The minimum absolute atomic E-state index is 0.240. The van der Waals surface area contributed by atoms with Gasteiger partial charge in [0.2, 0.25) is 11.5 Å². The number of aromatic nitrogens is 1. The van der Waals surface area contributed by atoms with Crippen molar-refractivity contribution in [2.45, 2.75) is 25.4 Å². The van der Waals surface area contributed by atoms with Gasteiger partial charge in [0.25, 0.3) is 5.91 Å². The van der Waals surface area contributed by atoms with E-state index in [0.717, 1.165) is 24.9 Å². The van der Waals surface area contributed by atoms with Gasteiger partial charge < -0.3 is 16.0 Å². The molecule has 0 aliphatic carbocycles. The molecular weight excluding hydrogens is 368 g/mol. The zero-order valence-electron chi connectivity index (χ0n) is 15.9. The summed E-state index contributed by atoms with van der Waals surface area (Å²) in [5.41, 5.74) is 7.72. The molecular formula is C22H22N4O3. The lowest BCUT2D eigenvalue weighted by Gasteiger charge is -2.22. The first-order chi connectivity index (χ1) is 14.0. The summed E-state index contributed by atoms with van der Waals surface area (Å²) in [5.74, 6) is -0.645. The fraction of sp³-hybridized carbons (Fsp3) is 0.227. The summed E-state index contributed by atoms with van der Waals surface area (Å²) in [6.45, 7) is 1.41. The molecule has 3 aromatic rings. The van der Waals surface area contributed by atoms with Gasteiger partial charge in [-0.1, -0.05) is 30.3 Å². The zero-order chi connectivity index (χ0) is 20.4. The van der Waals surface area contributed by atoms with Gasteiger partial charge in [0.15, 0.2) is 0 Å². The van der Waals surface area contributed by atoms with Crippen LogP contribution >= 0.6 is 0 Å². The van der Waals surface area contributed by atoms with E-state index < -0.39 is 0 Å². The first-order valence-electron chi connectivity index (χ1n) is 9.57. The number of primary amides is 1. The number of H-pyrrole nitrogens is 1. The van der Waals surface area contributed by atoms with Crippen LogP contribution in [0, 0.1) is 0 Å². The largest absolute Gasteiger partial charge is 0.368 e.